The maximum Gasteiger partial charge on any atom is 0.234 e. The minimum Gasteiger partial charge on any atom is -0.399 e. The smallest absolute Gasteiger partial charge is 0.234 e. The Morgan fingerprint density at radius 3 is 2.85 bits per heavy atom. The topological polar surface area (TPSA) is 61.1 Å². The summed E-state index contributed by atoms with van der Waals surface area (Å²) >= 11 is 0. The second-order valence-corrected chi connectivity index (χ2v) is 5.56. The molecule has 0 saturated heterocycles. The molecular weight excluding hydrogens is 250 g/mol. The zero-order chi connectivity index (χ0) is 14.2. The van der Waals surface area contributed by atoms with Crippen LogP contribution in [0.3, 0.4) is 0 Å². The summed E-state index contributed by atoms with van der Waals surface area (Å²) < 4.78 is 1.92. The molecule has 0 aliphatic heterocycles. The molecule has 1 aromatic carbocycles. The zero-order valence-corrected chi connectivity index (χ0v) is 11.5. The Bertz CT molecular complexity index is 663. The highest BCUT2D eigenvalue weighted by Gasteiger charge is 2.52. The first-order valence-corrected chi connectivity index (χ1v) is 6.71. The van der Waals surface area contributed by atoms with Crippen molar-refractivity contribution >= 4 is 5.69 Å². The first-order valence-electron chi connectivity index (χ1n) is 6.71. The first kappa shape index (κ1) is 12.7. The fraction of sp³-hybridized carbons (Fsp3) is 0.400. The van der Waals surface area contributed by atoms with Crippen LogP contribution in [0, 0.1) is 6.57 Å². The molecule has 0 bridgehead atoms. The molecule has 1 aliphatic carbocycles. The molecule has 0 radical (unpaired) electrons. The number of aryl methyl sites for hydroxylation is 1. The highest BCUT2D eigenvalue weighted by molar-refractivity contribution is 5.43. The van der Waals surface area contributed by atoms with Crippen LogP contribution in [0.1, 0.15) is 36.6 Å². The lowest BCUT2D eigenvalue weighted by Gasteiger charge is -2.17. The number of nitrogens with zero attached hydrogens (tertiary/aromatic N) is 4. The number of nitrogen functional groups attached to an aromatic ring is 1. The normalized spacial score (nSPS) is 17.4. The Morgan fingerprint density at radius 1 is 1.50 bits per heavy atom. The van der Waals surface area contributed by atoms with E-state index in [0.29, 0.717) is 0 Å². The predicted molar refractivity (Wildman–Crippen MR) is 76.9 cm³/mol. The molecule has 102 valence electrons. The molecule has 1 aliphatic rings. The number of anilines is 1. The molecule has 5 nitrogen and oxygen atoms in total. The van der Waals surface area contributed by atoms with Gasteiger partial charge in [-0.05, 0) is 17.7 Å². The third-order valence-electron chi connectivity index (χ3n) is 4.02. The second kappa shape index (κ2) is 4.64. The molecular formula is C15H17N5. The quantitative estimate of drug-likeness (QED) is 0.683. The Hall–Kier alpha value is -2.35. The monoisotopic (exact) mass is 267 g/mol. The lowest BCUT2D eigenvalue weighted by atomic mass is 9.90. The van der Waals surface area contributed by atoms with Crippen molar-refractivity contribution in [3.63, 3.8) is 0 Å². The second-order valence-electron chi connectivity index (χ2n) is 5.56. The molecule has 20 heavy (non-hydrogen) atoms. The average molecular weight is 267 g/mol. The van der Waals surface area contributed by atoms with Gasteiger partial charge in [0.15, 0.2) is 0 Å². The van der Waals surface area contributed by atoms with Gasteiger partial charge in [-0.3, -0.25) is 0 Å². The van der Waals surface area contributed by atoms with Crippen molar-refractivity contribution in [1.29, 1.82) is 0 Å². The summed E-state index contributed by atoms with van der Waals surface area (Å²) in [6, 6.07) is 7.85. The van der Waals surface area contributed by atoms with Crippen molar-refractivity contribution in [2.45, 2.75) is 30.7 Å². The van der Waals surface area contributed by atoms with E-state index in [1.54, 1.807) is 6.33 Å². The minimum atomic E-state index is -0.207. The molecule has 1 atom stereocenters. The van der Waals surface area contributed by atoms with E-state index in [1.165, 1.54) is 0 Å². The van der Waals surface area contributed by atoms with E-state index < -0.39 is 0 Å². The van der Waals surface area contributed by atoms with Crippen LogP contribution in [-0.4, -0.2) is 20.3 Å². The Morgan fingerprint density at radius 2 is 2.30 bits per heavy atom. The van der Waals surface area contributed by atoms with Crippen molar-refractivity contribution in [2.75, 3.05) is 5.73 Å². The number of hydrogen-bond acceptors (Lipinski definition) is 3. The van der Waals surface area contributed by atoms with Gasteiger partial charge in [-0.25, -0.2) is 6.57 Å². The summed E-state index contributed by atoms with van der Waals surface area (Å²) in [6.45, 7) is 7.40. The molecule has 2 N–H and O–H groups in total. The van der Waals surface area contributed by atoms with Crippen LogP contribution in [0.4, 0.5) is 5.69 Å². The van der Waals surface area contributed by atoms with Crippen LogP contribution >= 0.6 is 0 Å². The molecule has 0 spiro atoms. The molecule has 1 unspecified atom stereocenters. The van der Waals surface area contributed by atoms with Gasteiger partial charge in [0.25, 0.3) is 0 Å². The van der Waals surface area contributed by atoms with Crippen LogP contribution in [0.25, 0.3) is 4.85 Å². The van der Waals surface area contributed by atoms with Gasteiger partial charge in [0.1, 0.15) is 12.2 Å². The van der Waals surface area contributed by atoms with Gasteiger partial charge in [-0.2, -0.15) is 0 Å². The lowest BCUT2D eigenvalue weighted by molar-refractivity contribution is 0.580. The van der Waals surface area contributed by atoms with E-state index in [-0.39, 0.29) is 11.5 Å². The van der Waals surface area contributed by atoms with Crippen LogP contribution in [0.2, 0.25) is 0 Å². The van der Waals surface area contributed by atoms with E-state index in [0.717, 1.165) is 36.3 Å². The zero-order valence-electron chi connectivity index (χ0n) is 11.5. The number of benzene rings is 1. The number of aromatic nitrogens is 3. The van der Waals surface area contributed by atoms with Crippen LogP contribution in [-0.2, 0) is 7.05 Å². The summed E-state index contributed by atoms with van der Waals surface area (Å²) in [5.41, 5.74) is 7.53. The van der Waals surface area contributed by atoms with Crippen molar-refractivity contribution in [3.05, 3.63) is 53.4 Å². The van der Waals surface area contributed by atoms with Gasteiger partial charge in [0.05, 0.1) is 5.92 Å². The summed E-state index contributed by atoms with van der Waals surface area (Å²) in [5, 5.41) is 8.21. The van der Waals surface area contributed by atoms with E-state index in [4.69, 9.17) is 12.3 Å². The molecule has 1 aromatic heterocycles. The highest BCUT2D eigenvalue weighted by Crippen LogP contribution is 2.48. The van der Waals surface area contributed by atoms with Crippen molar-refractivity contribution in [2.24, 2.45) is 7.05 Å². The van der Waals surface area contributed by atoms with Crippen molar-refractivity contribution < 1.29 is 0 Å². The molecule has 1 heterocycles. The Labute approximate surface area is 118 Å². The Kier molecular flexibility index (Phi) is 2.94. The Balaban J connectivity index is 2.00. The highest BCUT2D eigenvalue weighted by atomic mass is 15.2. The van der Waals surface area contributed by atoms with E-state index in [1.807, 2.05) is 29.8 Å². The van der Waals surface area contributed by atoms with Crippen LogP contribution in [0.5, 0.6) is 0 Å². The maximum atomic E-state index is 7.40. The molecule has 0 amide bonds. The van der Waals surface area contributed by atoms with Gasteiger partial charge >= 0.3 is 0 Å². The summed E-state index contributed by atoms with van der Waals surface area (Å²) in [6.07, 6.45) is 4.44. The number of rotatable bonds is 4. The van der Waals surface area contributed by atoms with E-state index >= 15 is 0 Å². The third-order valence-corrected chi connectivity index (χ3v) is 4.02. The minimum absolute atomic E-state index is 0.0719. The third kappa shape index (κ3) is 2.25. The number of nitrogens with two attached hydrogens (primary N) is 1. The van der Waals surface area contributed by atoms with Crippen LogP contribution < -0.4 is 5.73 Å². The molecule has 3 rings (SSSR count). The van der Waals surface area contributed by atoms with Gasteiger partial charge < -0.3 is 15.1 Å². The summed E-state index contributed by atoms with van der Waals surface area (Å²) in [5.74, 6) is 0.966. The van der Waals surface area contributed by atoms with Crippen LogP contribution in [0.15, 0.2) is 30.6 Å². The molecule has 2 aromatic rings. The van der Waals surface area contributed by atoms with Gasteiger partial charge in [0, 0.05) is 32.0 Å². The van der Waals surface area contributed by atoms with E-state index in [2.05, 4.69) is 21.1 Å². The number of hydrogen-bond donors (Lipinski definition) is 1. The molecule has 1 saturated carbocycles. The molecule has 1 fully saturated rings. The summed E-state index contributed by atoms with van der Waals surface area (Å²) in [4.78, 5) is 3.82. The fourth-order valence-corrected chi connectivity index (χ4v) is 2.63. The molecule has 5 heteroatoms. The van der Waals surface area contributed by atoms with Gasteiger partial charge in [0.2, 0.25) is 5.54 Å². The fourth-order valence-electron chi connectivity index (χ4n) is 2.63. The van der Waals surface area contributed by atoms with Gasteiger partial charge in [-0.15, -0.1) is 10.2 Å². The van der Waals surface area contributed by atoms with Crippen molar-refractivity contribution in [3.8, 4) is 0 Å². The first-order chi connectivity index (χ1) is 9.63. The standard InChI is InChI=1S/C15H17N5/c1-17-15(6-7-15)9-13(14-19-18-10-20(14)2)11-4-3-5-12(16)8-11/h3-5,8,10,13H,6-7,9,16H2,2H3. The summed E-state index contributed by atoms with van der Waals surface area (Å²) in [7, 11) is 1.94. The van der Waals surface area contributed by atoms with Crippen molar-refractivity contribution in [1.82, 2.24) is 14.8 Å². The SMILES string of the molecule is [C-]#[N+]C1(CC(c2cccc(N)c2)c2nncn2C)CC1. The largest absolute Gasteiger partial charge is 0.399 e. The van der Waals surface area contributed by atoms with Gasteiger partial charge in [-0.1, -0.05) is 12.1 Å². The lowest BCUT2D eigenvalue weighted by Crippen LogP contribution is -2.15. The average Bonchev–Trinajstić information content (AvgIpc) is 3.11. The van der Waals surface area contributed by atoms with E-state index in [9.17, 15) is 0 Å². The predicted octanol–water partition coefficient (Wildman–Crippen LogP) is 2.37. The maximum absolute atomic E-state index is 7.40.